The van der Waals surface area contributed by atoms with Gasteiger partial charge in [0.2, 0.25) is 0 Å². The van der Waals surface area contributed by atoms with Crippen LogP contribution in [0.15, 0.2) is 0 Å². The molecule has 1 aliphatic rings. The number of nitrogens with one attached hydrogen (secondary N) is 1. The van der Waals surface area contributed by atoms with Crippen molar-refractivity contribution in [3.63, 3.8) is 0 Å². The third-order valence-electron chi connectivity index (χ3n) is 1.29. The van der Waals surface area contributed by atoms with Crippen LogP contribution in [0.2, 0.25) is 0 Å². The summed E-state index contributed by atoms with van der Waals surface area (Å²) in [6, 6.07) is 0.0192. The first-order chi connectivity index (χ1) is 4.20. The lowest BCUT2D eigenvalue weighted by molar-refractivity contribution is 0.200. The van der Waals surface area contributed by atoms with Crippen molar-refractivity contribution in [1.29, 1.82) is 0 Å². The molecule has 1 rings (SSSR count). The number of nitrogens with zero attached hydrogens (tertiary/aromatic N) is 1. The van der Waals surface area contributed by atoms with Crippen LogP contribution in [0.5, 0.6) is 0 Å². The second kappa shape index (κ2) is 2.56. The first kappa shape index (κ1) is 6.86. The van der Waals surface area contributed by atoms with Gasteiger partial charge in [-0.05, 0) is 0 Å². The van der Waals surface area contributed by atoms with Gasteiger partial charge in [0.05, 0.1) is 0 Å². The minimum absolute atomic E-state index is 0.0192. The average Bonchev–Trinajstić information content (AvgIpc) is 1.80. The van der Waals surface area contributed by atoms with E-state index in [4.69, 9.17) is 0 Å². The SMILES string of the molecule is CN1CC(Br)CNC1=O. The van der Waals surface area contributed by atoms with Crippen molar-refractivity contribution in [2.24, 2.45) is 0 Å². The largest absolute Gasteiger partial charge is 0.337 e. The second-order valence-corrected chi connectivity index (χ2v) is 3.46. The number of carbonyl (C=O) groups is 1. The van der Waals surface area contributed by atoms with E-state index in [1.54, 1.807) is 11.9 Å². The fourth-order valence-corrected chi connectivity index (χ4v) is 1.37. The maximum absolute atomic E-state index is 10.7. The van der Waals surface area contributed by atoms with Crippen molar-refractivity contribution in [2.45, 2.75) is 4.83 Å². The molecule has 0 spiro atoms. The average molecular weight is 193 g/mol. The Kier molecular flexibility index (Phi) is 1.95. The van der Waals surface area contributed by atoms with Crippen LogP contribution < -0.4 is 5.32 Å². The highest BCUT2D eigenvalue weighted by Gasteiger charge is 2.18. The van der Waals surface area contributed by atoms with Crippen molar-refractivity contribution in [2.75, 3.05) is 20.1 Å². The van der Waals surface area contributed by atoms with E-state index in [1.165, 1.54) is 0 Å². The van der Waals surface area contributed by atoms with Crippen LogP contribution in [-0.4, -0.2) is 35.9 Å². The van der Waals surface area contributed by atoms with Crippen LogP contribution in [0.4, 0.5) is 4.79 Å². The van der Waals surface area contributed by atoms with Crippen LogP contribution in [0.25, 0.3) is 0 Å². The molecule has 1 atom stereocenters. The number of rotatable bonds is 0. The number of hydrogen-bond donors (Lipinski definition) is 1. The molecule has 4 heteroatoms. The van der Waals surface area contributed by atoms with Gasteiger partial charge < -0.3 is 10.2 Å². The maximum Gasteiger partial charge on any atom is 0.317 e. The molecule has 1 saturated heterocycles. The van der Waals surface area contributed by atoms with Crippen LogP contribution in [0, 0.1) is 0 Å². The number of amides is 2. The highest BCUT2D eigenvalue weighted by Crippen LogP contribution is 2.04. The summed E-state index contributed by atoms with van der Waals surface area (Å²) in [4.78, 5) is 12.8. The number of halogens is 1. The molecule has 3 nitrogen and oxygen atoms in total. The maximum atomic E-state index is 10.7. The summed E-state index contributed by atoms with van der Waals surface area (Å²) in [5.41, 5.74) is 0. The molecule has 0 aromatic heterocycles. The van der Waals surface area contributed by atoms with Gasteiger partial charge in [-0.2, -0.15) is 0 Å². The predicted octanol–water partition coefficient (Wildman–Crippen LogP) is 0.405. The van der Waals surface area contributed by atoms with Crippen molar-refractivity contribution >= 4 is 22.0 Å². The zero-order valence-electron chi connectivity index (χ0n) is 5.22. The van der Waals surface area contributed by atoms with Gasteiger partial charge in [-0.1, -0.05) is 15.9 Å². The van der Waals surface area contributed by atoms with E-state index >= 15 is 0 Å². The molecule has 0 aromatic carbocycles. The van der Waals surface area contributed by atoms with Crippen molar-refractivity contribution in [3.8, 4) is 0 Å². The summed E-state index contributed by atoms with van der Waals surface area (Å²) in [5, 5.41) is 2.72. The van der Waals surface area contributed by atoms with E-state index in [0.717, 1.165) is 13.1 Å². The standard InChI is InChI=1S/C5H9BrN2O/c1-8-3-4(6)2-7-5(8)9/h4H,2-3H2,1H3,(H,7,9). The van der Waals surface area contributed by atoms with Gasteiger partial charge in [-0.25, -0.2) is 4.79 Å². The number of hydrogen-bond acceptors (Lipinski definition) is 1. The van der Waals surface area contributed by atoms with Gasteiger partial charge in [0.15, 0.2) is 0 Å². The van der Waals surface area contributed by atoms with Gasteiger partial charge in [-0.15, -0.1) is 0 Å². The Hall–Kier alpha value is -0.250. The zero-order chi connectivity index (χ0) is 6.85. The van der Waals surface area contributed by atoms with Crippen LogP contribution in [0.3, 0.4) is 0 Å². The van der Waals surface area contributed by atoms with E-state index < -0.39 is 0 Å². The Balaban J connectivity index is 2.44. The van der Waals surface area contributed by atoms with Gasteiger partial charge in [-0.3, -0.25) is 0 Å². The molecular weight excluding hydrogens is 184 g/mol. The topological polar surface area (TPSA) is 32.3 Å². The third kappa shape index (κ3) is 1.58. The highest BCUT2D eigenvalue weighted by atomic mass is 79.9. The second-order valence-electron chi connectivity index (χ2n) is 2.16. The normalized spacial score (nSPS) is 28.0. The number of carbonyl (C=O) groups excluding carboxylic acids is 1. The molecule has 1 unspecified atom stereocenters. The first-order valence-electron chi connectivity index (χ1n) is 2.83. The van der Waals surface area contributed by atoms with Crippen LogP contribution >= 0.6 is 15.9 Å². The lowest BCUT2D eigenvalue weighted by atomic mass is 10.3. The van der Waals surface area contributed by atoms with Crippen LogP contribution in [-0.2, 0) is 0 Å². The van der Waals surface area contributed by atoms with Gasteiger partial charge in [0.1, 0.15) is 0 Å². The summed E-state index contributed by atoms with van der Waals surface area (Å²) in [7, 11) is 1.78. The Morgan fingerprint density at radius 1 is 1.89 bits per heavy atom. The Bertz CT molecular complexity index is 128. The molecule has 0 aliphatic carbocycles. The van der Waals surface area contributed by atoms with E-state index in [1.807, 2.05) is 0 Å². The smallest absolute Gasteiger partial charge is 0.317 e. The molecule has 52 valence electrons. The molecule has 9 heavy (non-hydrogen) atoms. The van der Waals surface area contributed by atoms with E-state index in [9.17, 15) is 4.79 Å². The molecule has 0 radical (unpaired) electrons. The molecule has 0 saturated carbocycles. The van der Waals surface area contributed by atoms with Crippen molar-refractivity contribution in [3.05, 3.63) is 0 Å². The quantitative estimate of drug-likeness (QED) is 0.555. The fraction of sp³-hybridized carbons (Fsp3) is 0.800. The van der Waals surface area contributed by atoms with Gasteiger partial charge in [0.25, 0.3) is 0 Å². The number of urea groups is 1. The number of alkyl halides is 1. The molecule has 1 heterocycles. The lowest BCUT2D eigenvalue weighted by Crippen LogP contribution is -2.49. The first-order valence-corrected chi connectivity index (χ1v) is 3.75. The monoisotopic (exact) mass is 192 g/mol. The van der Waals surface area contributed by atoms with Crippen molar-refractivity contribution in [1.82, 2.24) is 10.2 Å². The molecular formula is C5H9BrN2O. The van der Waals surface area contributed by atoms with E-state index in [0.29, 0.717) is 4.83 Å². The molecule has 2 amide bonds. The van der Waals surface area contributed by atoms with E-state index in [-0.39, 0.29) is 6.03 Å². The minimum atomic E-state index is 0.0192. The van der Waals surface area contributed by atoms with Crippen molar-refractivity contribution < 1.29 is 4.79 Å². The minimum Gasteiger partial charge on any atom is -0.337 e. The molecule has 0 bridgehead atoms. The summed E-state index contributed by atoms with van der Waals surface area (Å²) in [6.07, 6.45) is 0. The fourth-order valence-electron chi connectivity index (χ4n) is 0.778. The van der Waals surface area contributed by atoms with E-state index in [2.05, 4.69) is 21.2 Å². The zero-order valence-corrected chi connectivity index (χ0v) is 6.81. The Morgan fingerprint density at radius 3 is 3.00 bits per heavy atom. The summed E-state index contributed by atoms with van der Waals surface area (Å²) in [5.74, 6) is 0. The Morgan fingerprint density at radius 2 is 2.56 bits per heavy atom. The van der Waals surface area contributed by atoms with Gasteiger partial charge >= 0.3 is 6.03 Å². The predicted molar refractivity (Wildman–Crippen MR) is 38.7 cm³/mol. The lowest BCUT2D eigenvalue weighted by Gasteiger charge is -2.26. The summed E-state index contributed by atoms with van der Waals surface area (Å²) < 4.78 is 0. The van der Waals surface area contributed by atoms with Gasteiger partial charge in [0, 0.05) is 25.0 Å². The highest BCUT2D eigenvalue weighted by molar-refractivity contribution is 9.09. The summed E-state index contributed by atoms with van der Waals surface area (Å²) in [6.45, 7) is 1.54. The molecule has 0 aromatic rings. The molecule has 1 aliphatic heterocycles. The summed E-state index contributed by atoms with van der Waals surface area (Å²) >= 11 is 3.40. The Labute approximate surface area is 62.5 Å². The molecule has 1 fully saturated rings. The molecule has 1 N–H and O–H groups in total. The van der Waals surface area contributed by atoms with Crippen LogP contribution in [0.1, 0.15) is 0 Å². The third-order valence-corrected chi connectivity index (χ3v) is 1.91.